The number of benzene rings is 3. The molecule has 0 aliphatic carbocycles. The van der Waals surface area contributed by atoms with E-state index in [0.29, 0.717) is 11.9 Å². The Hall–Kier alpha value is -3.24. The first-order valence-electron chi connectivity index (χ1n) is 9.20. The molecule has 3 nitrogen and oxygen atoms in total. The van der Waals surface area contributed by atoms with Gasteiger partial charge in [0.05, 0.1) is 18.3 Å². The fourth-order valence-electron chi connectivity index (χ4n) is 3.66. The lowest BCUT2D eigenvalue weighted by atomic mass is 10.0. The lowest BCUT2D eigenvalue weighted by molar-refractivity contribution is 0.749. The van der Waals surface area contributed by atoms with Gasteiger partial charge in [-0.3, -0.25) is 9.36 Å². The highest BCUT2D eigenvalue weighted by Gasteiger charge is 2.14. The average Bonchev–Trinajstić information content (AvgIpc) is 3.15. The summed E-state index contributed by atoms with van der Waals surface area (Å²) in [5.41, 5.74) is 4.31. The number of aromatic nitrogens is 2. The zero-order chi connectivity index (χ0) is 19.1. The van der Waals surface area contributed by atoms with Crippen molar-refractivity contribution >= 4 is 32.3 Å². The standard InChI is InChI=1S/C24H18N2OS/c1-16-5-4-6-17(11-16)13-26-15-25-23-22(24(26)27)21(14-28-23)20-10-9-18-7-2-3-8-19(18)12-20/h2-12,14-15H,13H2,1H3. The van der Waals surface area contributed by atoms with Crippen LogP contribution in [0.2, 0.25) is 0 Å². The second kappa shape index (κ2) is 6.73. The molecule has 0 aliphatic rings. The van der Waals surface area contributed by atoms with E-state index in [9.17, 15) is 4.79 Å². The third-order valence-corrected chi connectivity index (χ3v) is 5.94. The third-order valence-electron chi connectivity index (χ3n) is 5.06. The molecule has 0 radical (unpaired) electrons. The van der Waals surface area contributed by atoms with Crippen molar-refractivity contribution in [3.05, 3.63) is 99.9 Å². The number of rotatable bonds is 3. The number of thiophene rings is 1. The molecule has 5 aromatic rings. The normalized spacial score (nSPS) is 11.3. The molecule has 0 amide bonds. The van der Waals surface area contributed by atoms with Crippen LogP contribution in [0, 0.1) is 6.92 Å². The van der Waals surface area contributed by atoms with E-state index in [0.717, 1.165) is 21.5 Å². The number of hydrogen-bond donors (Lipinski definition) is 0. The van der Waals surface area contributed by atoms with Crippen molar-refractivity contribution in [2.75, 3.05) is 0 Å². The van der Waals surface area contributed by atoms with Gasteiger partial charge >= 0.3 is 0 Å². The third kappa shape index (κ3) is 2.92. The van der Waals surface area contributed by atoms with Crippen molar-refractivity contribution in [2.24, 2.45) is 0 Å². The van der Waals surface area contributed by atoms with Crippen LogP contribution in [0.5, 0.6) is 0 Å². The predicted molar refractivity (Wildman–Crippen MR) is 117 cm³/mol. The van der Waals surface area contributed by atoms with Crippen LogP contribution in [0.1, 0.15) is 11.1 Å². The Morgan fingerprint density at radius 3 is 2.68 bits per heavy atom. The quantitative estimate of drug-likeness (QED) is 0.405. The van der Waals surface area contributed by atoms with E-state index in [2.05, 4.69) is 54.4 Å². The van der Waals surface area contributed by atoms with Crippen LogP contribution >= 0.6 is 11.3 Å². The first kappa shape index (κ1) is 16.9. The first-order chi connectivity index (χ1) is 13.7. The largest absolute Gasteiger partial charge is 0.294 e. The van der Waals surface area contributed by atoms with E-state index >= 15 is 0 Å². The van der Waals surface area contributed by atoms with E-state index in [1.54, 1.807) is 10.9 Å². The van der Waals surface area contributed by atoms with Gasteiger partial charge in [-0.1, -0.05) is 66.2 Å². The summed E-state index contributed by atoms with van der Waals surface area (Å²) in [6, 6.07) is 22.8. The molecule has 4 heteroatoms. The average molecular weight is 382 g/mol. The van der Waals surface area contributed by atoms with Crippen LogP contribution in [-0.2, 0) is 6.54 Å². The Balaban J connectivity index is 1.65. The van der Waals surface area contributed by atoms with Crippen LogP contribution in [0.25, 0.3) is 32.1 Å². The van der Waals surface area contributed by atoms with Crippen molar-refractivity contribution in [3.8, 4) is 11.1 Å². The Kier molecular flexibility index (Phi) is 4.06. The molecule has 2 aromatic heterocycles. The number of nitrogens with zero attached hydrogens (tertiary/aromatic N) is 2. The summed E-state index contributed by atoms with van der Waals surface area (Å²) in [7, 11) is 0. The topological polar surface area (TPSA) is 34.9 Å². The molecule has 0 atom stereocenters. The van der Waals surface area contributed by atoms with E-state index in [1.165, 1.54) is 27.7 Å². The van der Waals surface area contributed by atoms with Crippen molar-refractivity contribution in [3.63, 3.8) is 0 Å². The maximum Gasteiger partial charge on any atom is 0.263 e. The number of aryl methyl sites for hydroxylation is 1. The second-order valence-corrected chi connectivity index (χ2v) is 7.92. The highest BCUT2D eigenvalue weighted by Crippen LogP contribution is 2.32. The molecule has 0 saturated carbocycles. The fourth-order valence-corrected chi connectivity index (χ4v) is 4.56. The van der Waals surface area contributed by atoms with Gasteiger partial charge in [0, 0.05) is 10.9 Å². The Bertz CT molecular complexity index is 1380. The fraction of sp³-hybridized carbons (Fsp3) is 0.0833. The summed E-state index contributed by atoms with van der Waals surface area (Å²) in [5.74, 6) is 0. The summed E-state index contributed by atoms with van der Waals surface area (Å²) in [6.07, 6.45) is 1.66. The molecule has 0 bridgehead atoms. The molecule has 0 spiro atoms. The van der Waals surface area contributed by atoms with Gasteiger partial charge in [0.25, 0.3) is 5.56 Å². The molecule has 0 N–H and O–H groups in total. The van der Waals surface area contributed by atoms with Crippen LogP contribution in [0.3, 0.4) is 0 Å². The smallest absolute Gasteiger partial charge is 0.263 e. The monoisotopic (exact) mass is 382 g/mol. The zero-order valence-corrected chi connectivity index (χ0v) is 16.2. The minimum atomic E-state index is 0.0101. The minimum Gasteiger partial charge on any atom is -0.294 e. The molecule has 0 unspecified atom stereocenters. The summed E-state index contributed by atoms with van der Waals surface area (Å²) >= 11 is 1.52. The molecular weight excluding hydrogens is 364 g/mol. The van der Waals surface area contributed by atoms with Gasteiger partial charge in [-0.25, -0.2) is 4.98 Å². The van der Waals surface area contributed by atoms with Crippen LogP contribution in [-0.4, -0.2) is 9.55 Å². The summed E-state index contributed by atoms with van der Waals surface area (Å²) in [4.78, 5) is 18.6. The van der Waals surface area contributed by atoms with Gasteiger partial charge < -0.3 is 0 Å². The Labute approximate surface area is 166 Å². The highest BCUT2D eigenvalue weighted by molar-refractivity contribution is 7.17. The van der Waals surface area contributed by atoms with Crippen LogP contribution in [0.15, 0.2) is 83.2 Å². The van der Waals surface area contributed by atoms with E-state index in [1.807, 2.05) is 29.6 Å². The predicted octanol–water partition coefficient (Wildman–Crippen LogP) is 5.63. The Morgan fingerprint density at radius 2 is 1.82 bits per heavy atom. The number of hydrogen-bond acceptors (Lipinski definition) is 3. The maximum atomic E-state index is 13.3. The summed E-state index contributed by atoms with van der Waals surface area (Å²) in [6.45, 7) is 2.58. The molecule has 0 fully saturated rings. The summed E-state index contributed by atoms with van der Waals surface area (Å²) in [5, 5.41) is 5.11. The van der Waals surface area contributed by atoms with Gasteiger partial charge in [-0.05, 0) is 34.9 Å². The van der Waals surface area contributed by atoms with Crippen molar-refractivity contribution in [1.82, 2.24) is 9.55 Å². The van der Waals surface area contributed by atoms with E-state index in [-0.39, 0.29) is 5.56 Å². The number of fused-ring (bicyclic) bond motifs is 2. The van der Waals surface area contributed by atoms with Gasteiger partial charge in [0.2, 0.25) is 0 Å². The molecule has 136 valence electrons. The van der Waals surface area contributed by atoms with Crippen molar-refractivity contribution < 1.29 is 0 Å². The first-order valence-corrected chi connectivity index (χ1v) is 10.1. The molecule has 0 saturated heterocycles. The molecule has 3 aromatic carbocycles. The molecule has 28 heavy (non-hydrogen) atoms. The molecule has 2 heterocycles. The maximum absolute atomic E-state index is 13.3. The lowest BCUT2D eigenvalue weighted by Gasteiger charge is -2.08. The van der Waals surface area contributed by atoms with E-state index in [4.69, 9.17) is 0 Å². The molecule has 0 aliphatic heterocycles. The van der Waals surface area contributed by atoms with Gasteiger partial charge in [0.15, 0.2) is 0 Å². The van der Waals surface area contributed by atoms with Crippen LogP contribution < -0.4 is 5.56 Å². The molecule has 5 rings (SSSR count). The summed E-state index contributed by atoms with van der Waals surface area (Å²) < 4.78 is 1.70. The Morgan fingerprint density at radius 1 is 0.964 bits per heavy atom. The minimum absolute atomic E-state index is 0.0101. The van der Waals surface area contributed by atoms with Gasteiger partial charge in [-0.2, -0.15) is 0 Å². The SMILES string of the molecule is Cc1cccc(Cn2cnc3scc(-c4ccc5ccccc5c4)c3c2=O)c1. The van der Waals surface area contributed by atoms with Crippen LogP contribution in [0.4, 0.5) is 0 Å². The van der Waals surface area contributed by atoms with Crippen molar-refractivity contribution in [1.29, 1.82) is 0 Å². The van der Waals surface area contributed by atoms with Gasteiger partial charge in [-0.15, -0.1) is 11.3 Å². The molecular formula is C24H18N2OS. The van der Waals surface area contributed by atoms with Gasteiger partial charge in [0.1, 0.15) is 4.83 Å². The highest BCUT2D eigenvalue weighted by atomic mass is 32.1. The second-order valence-electron chi connectivity index (χ2n) is 7.06. The zero-order valence-electron chi connectivity index (χ0n) is 15.4. The van der Waals surface area contributed by atoms with Crippen molar-refractivity contribution in [2.45, 2.75) is 13.5 Å². The van der Waals surface area contributed by atoms with E-state index < -0.39 is 0 Å². The lowest BCUT2D eigenvalue weighted by Crippen LogP contribution is -2.21.